The van der Waals surface area contributed by atoms with Gasteiger partial charge >= 0.3 is 0 Å². The summed E-state index contributed by atoms with van der Waals surface area (Å²) in [5.41, 5.74) is 2.88. The van der Waals surface area contributed by atoms with Crippen molar-refractivity contribution >= 4 is 27.0 Å². The van der Waals surface area contributed by atoms with Gasteiger partial charge in [-0.1, -0.05) is 15.9 Å². The van der Waals surface area contributed by atoms with Crippen molar-refractivity contribution in [3.8, 4) is 0 Å². The Labute approximate surface area is 96.6 Å². The summed E-state index contributed by atoms with van der Waals surface area (Å²) in [7, 11) is 1.67. The number of nitrogens with zero attached hydrogens (tertiary/aromatic N) is 1. The molecule has 0 unspecified atom stereocenters. The van der Waals surface area contributed by atoms with Crippen molar-refractivity contribution in [1.82, 2.24) is 4.98 Å². The highest BCUT2D eigenvalue weighted by Crippen LogP contribution is 2.24. The van der Waals surface area contributed by atoms with Crippen LogP contribution in [0.15, 0.2) is 21.0 Å². The minimum Gasteiger partial charge on any atom is -0.441 e. The molecule has 0 aliphatic rings. The summed E-state index contributed by atoms with van der Waals surface area (Å²) in [5.74, 6) is 0.726. The molecule has 1 heterocycles. The molecular weight excluding hydrogens is 258 g/mol. The smallest absolute Gasteiger partial charge is 0.197 e. The molecule has 0 amide bonds. The molecule has 2 rings (SSSR count). The SMILES string of the molecule is COCCc1nc2cc(C)c(Br)cc2o1. The third kappa shape index (κ3) is 2.21. The van der Waals surface area contributed by atoms with Gasteiger partial charge in [-0.25, -0.2) is 4.98 Å². The topological polar surface area (TPSA) is 35.3 Å². The molecule has 0 aliphatic carbocycles. The average molecular weight is 270 g/mol. The van der Waals surface area contributed by atoms with Gasteiger partial charge in [-0.2, -0.15) is 0 Å². The van der Waals surface area contributed by atoms with Gasteiger partial charge in [-0.3, -0.25) is 0 Å². The Morgan fingerprint density at radius 1 is 1.47 bits per heavy atom. The molecule has 0 saturated heterocycles. The summed E-state index contributed by atoms with van der Waals surface area (Å²) >= 11 is 3.47. The first-order valence-electron chi connectivity index (χ1n) is 4.75. The summed E-state index contributed by atoms with van der Waals surface area (Å²) in [5, 5.41) is 0. The molecule has 0 bridgehead atoms. The van der Waals surface area contributed by atoms with E-state index in [2.05, 4.69) is 20.9 Å². The lowest BCUT2D eigenvalue weighted by molar-refractivity contribution is 0.196. The van der Waals surface area contributed by atoms with Gasteiger partial charge in [0, 0.05) is 18.0 Å². The Hall–Kier alpha value is -0.870. The van der Waals surface area contributed by atoms with Crippen LogP contribution in [-0.2, 0) is 11.2 Å². The molecule has 1 aromatic carbocycles. The largest absolute Gasteiger partial charge is 0.441 e. The minimum absolute atomic E-state index is 0.632. The van der Waals surface area contributed by atoms with Crippen molar-refractivity contribution in [1.29, 1.82) is 0 Å². The van der Waals surface area contributed by atoms with Crippen molar-refractivity contribution in [3.63, 3.8) is 0 Å². The van der Waals surface area contributed by atoms with E-state index < -0.39 is 0 Å². The standard InChI is InChI=1S/C11H12BrNO2/c1-7-5-9-10(6-8(7)12)15-11(13-9)3-4-14-2/h5-6H,3-4H2,1-2H3. The number of aryl methyl sites for hydroxylation is 1. The lowest BCUT2D eigenvalue weighted by Gasteiger charge is -1.94. The molecule has 0 saturated carbocycles. The Morgan fingerprint density at radius 3 is 3.00 bits per heavy atom. The van der Waals surface area contributed by atoms with Crippen LogP contribution in [0.3, 0.4) is 0 Å². The van der Waals surface area contributed by atoms with Crippen LogP contribution in [-0.4, -0.2) is 18.7 Å². The van der Waals surface area contributed by atoms with E-state index in [1.165, 1.54) is 0 Å². The van der Waals surface area contributed by atoms with E-state index >= 15 is 0 Å². The van der Waals surface area contributed by atoms with Gasteiger partial charge in [0.25, 0.3) is 0 Å². The van der Waals surface area contributed by atoms with Gasteiger partial charge < -0.3 is 9.15 Å². The molecular formula is C11H12BrNO2. The second-order valence-corrected chi connectivity index (χ2v) is 4.27. The summed E-state index contributed by atoms with van der Waals surface area (Å²) < 4.78 is 11.6. The van der Waals surface area contributed by atoms with Crippen molar-refractivity contribution in [2.45, 2.75) is 13.3 Å². The number of halogens is 1. The Kier molecular flexibility index (Phi) is 3.07. The number of fused-ring (bicyclic) bond motifs is 1. The number of hydrogen-bond acceptors (Lipinski definition) is 3. The first kappa shape index (κ1) is 10.6. The normalized spacial score (nSPS) is 11.1. The highest BCUT2D eigenvalue weighted by atomic mass is 79.9. The van der Waals surface area contributed by atoms with Gasteiger partial charge in [0.1, 0.15) is 5.52 Å². The van der Waals surface area contributed by atoms with Gasteiger partial charge in [0.15, 0.2) is 11.5 Å². The highest BCUT2D eigenvalue weighted by Gasteiger charge is 2.07. The zero-order valence-electron chi connectivity index (χ0n) is 8.71. The zero-order chi connectivity index (χ0) is 10.8. The Bertz CT molecular complexity index is 440. The molecule has 4 heteroatoms. The van der Waals surface area contributed by atoms with Crippen molar-refractivity contribution in [2.75, 3.05) is 13.7 Å². The predicted octanol–water partition coefficient (Wildman–Crippen LogP) is 3.09. The van der Waals surface area contributed by atoms with Crippen molar-refractivity contribution in [3.05, 3.63) is 28.1 Å². The Balaban J connectivity index is 2.38. The molecule has 0 radical (unpaired) electrons. The molecule has 15 heavy (non-hydrogen) atoms. The van der Waals surface area contributed by atoms with Gasteiger partial charge in [-0.15, -0.1) is 0 Å². The number of aromatic nitrogens is 1. The van der Waals surface area contributed by atoms with Crippen molar-refractivity contribution in [2.24, 2.45) is 0 Å². The molecule has 2 aromatic rings. The van der Waals surface area contributed by atoms with Gasteiger partial charge in [-0.05, 0) is 24.6 Å². The van der Waals surface area contributed by atoms with E-state index in [1.54, 1.807) is 7.11 Å². The highest BCUT2D eigenvalue weighted by molar-refractivity contribution is 9.10. The summed E-state index contributed by atoms with van der Waals surface area (Å²) in [6, 6.07) is 3.97. The van der Waals surface area contributed by atoms with E-state index in [9.17, 15) is 0 Å². The van der Waals surface area contributed by atoms with Crippen LogP contribution in [0.1, 0.15) is 11.5 Å². The van der Waals surface area contributed by atoms with E-state index in [4.69, 9.17) is 9.15 Å². The van der Waals surface area contributed by atoms with Crippen LogP contribution in [0.2, 0.25) is 0 Å². The van der Waals surface area contributed by atoms with Crippen LogP contribution in [0.5, 0.6) is 0 Å². The van der Waals surface area contributed by atoms with E-state index in [0.29, 0.717) is 13.0 Å². The fraction of sp³-hybridized carbons (Fsp3) is 0.364. The molecule has 0 atom stereocenters. The monoisotopic (exact) mass is 269 g/mol. The fourth-order valence-electron chi connectivity index (χ4n) is 1.40. The third-order valence-electron chi connectivity index (χ3n) is 2.23. The van der Waals surface area contributed by atoms with Crippen LogP contribution >= 0.6 is 15.9 Å². The first-order valence-corrected chi connectivity index (χ1v) is 5.54. The molecule has 80 valence electrons. The van der Waals surface area contributed by atoms with E-state index in [1.807, 2.05) is 19.1 Å². The quantitative estimate of drug-likeness (QED) is 0.859. The maximum atomic E-state index is 5.58. The van der Waals surface area contributed by atoms with Crippen molar-refractivity contribution < 1.29 is 9.15 Å². The molecule has 0 fully saturated rings. The second kappa shape index (κ2) is 4.33. The molecule has 1 aromatic heterocycles. The molecule has 0 aliphatic heterocycles. The Morgan fingerprint density at radius 2 is 2.27 bits per heavy atom. The van der Waals surface area contributed by atoms with E-state index in [0.717, 1.165) is 27.0 Å². The van der Waals surface area contributed by atoms with Crippen LogP contribution in [0, 0.1) is 6.92 Å². The average Bonchev–Trinajstić information content (AvgIpc) is 2.58. The fourth-order valence-corrected chi connectivity index (χ4v) is 1.72. The summed E-state index contributed by atoms with van der Waals surface area (Å²) in [6.45, 7) is 2.67. The number of ether oxygens (including phenoxy) is 1. The first-order chi connectivity index (χ1) is 7.20. The molecule has 0 N–H and O–H groups in total. The minimum atomic E-state index is 0.632. The summed E-state index contributed by atoms with van der Waals surface area (Å²) in [4.78, 5) is 4.38. The number of methoxy groups -OCH3 is 1. The predicted molar refractivity (Wildman–Crippen MR) is 62.0 cm³/mol. The molecule has 0 spiro atoms. The maximum Gasteiger partial charge on any atom is 0.197 e. The number of benzene rings is 1. The van der Waals surface area contributed by atoms with Crippen LogP contribution in [0.25, 0.3) is 11.1 Å². The lowest BCUT2D eigenvalue weighted by Crippen LogP contribution is -1.93. The second-order valence-electron chi connectivity index (χ2n) is 3.42. The van der Waals surface area contributed by atoms with Gasteiger partial charge in [0.05, 0.1) is 6.61 Å². The van der Waals surface area contributed by atoms with Crippen LogP contribution < -0.4 is 0 Å². The maximum absolute atomic E-state index is 5.58. The number of oxazole rings is 1. The van der Waals surface area contributed by atoms with E-state index in [-0.39, 0.29) is 0 Å². The number of hydrogen-bond donors (Lipinski definition) is 0. The number of rotatable bonds is 3. The van der Waals surface area contributed by atoms with Crippen LogP contribution in [0.4, 0.5) is 0 Å². The summed E-state index contributed by atoms with van der Waals surface area (Å²) in [6.07, 6.45) is 0.710. The zero-order valence-corrected chi connectivity index (χ0v) is 10.3. The lowest BCUT2D eigenvalue weighted by atomic mass is 10.2. The van der Waals surface area contributed by atoms with Gasteiger partial charge in [0.2, 0.25) is 0 Å². The molecule has 3 nitrogen and oxygen atoms in total. The third-order valence-corrected chi connectivity index (χ3v) is 3.09.